The monoisotopic (exact) mass is 339 g/mol. The lowest BCUT2D eigenvalue weighted by atomic mass is 10.2. The molecule has 0 aliphatic heterocycles. The number of amides is 1. The molecule has 0 saturated carbocycles. The highest BCUT2D eigenvalue weighted by atomic mass is 32.2. The molecular formula is C13H29NO5SSi. The van der Waals surface area contributed by atoms with Crippen molar-refractivity contribution >= 4 is 24.2 Å². The van der Waals surface area contributed by atoms with E-state index in [1.54, 1.807) is 6.92 Å². The fourth-order valence-corrected chi connectivity index (χ4v) is 4.59. The van der Waals surface area contributed by atoms with Gasteiger partial charge in [-0.3, -0.25) is 0 Å². The van der Waals surface area contributed by atoms with Gasteiger partial charge < -0.3 is 14.4 Å². The Morgan fingerprint density at radius 3 is 2.19 bits per heavy atom. The third-order valence-corrected chi connectivity index (χ3v) is 10.2. The average molecular weight is 340 g/mol. The third kappa shape index (κ3) is 7.28. The summed E-state index contributed by atoms with van der Waals surface area (Å²) in [6.07, 6.45) is -1.51. The molecule has 1 atom stereocenters. The first-order chi connectivity index (χ1) is 9.18. The molecule has 126 valence electrons. The SMILES string of the molecule is CC(CS(=O)(=O)CCN(C)C(=O)O)O[Si](C)(C)C(C)(C)C. The molecule has 0 aliphatic carbocycles. The van der Waals surface area contributed by atoms with E-state index >= 15 is 0 Å². The Bertz CT molecular complexity index is 456. The second kappa shape index (κ2) is 7.10. The van der Waals surface area contributed by atoms with Crippen molar-refractivity contribution < 1.29 is 22.7 Å². The predicted octanol–water partition coefficient (Wildman–Crippen LogP) is 2.42. The van der Waals surface area contributed by atoms with Gasteiger partial charge in [0.1, 0.15) is 0 Å². The summed E-state index contributed by atoms with van der Waals surface area (Å²) in [5, 5.41) is 8.74. The molecule has 0 rings (SSSR count). The van der Waals surface area contributed by atoms with Crippen LogP contribution in [0.1, 0.15) is 27.7 Å². The van der Waals surface area contributed by atoms with E-state index < -0.39 is 24.2 Å². The molecule has 1 N–H and O–H groups in total. The van der Waals surface area contributed by atoms with Crippen LogP contribution in [-0.4, -0.2) is 64.0 Å². The van der Waals surface area contributed by atoms with Crippen molar-refractivity contribution in [2.24, 2.45) is 0 Å². The molecule has 0 radical (unpaired) electrons. The van der Waals surface area contributed by atoms with Crippen LogP contribution in [0.5, 0.6) is 0 Å². The number of hydrogen-bond donors (Lipinski definition) is 1. The first-order valence-corrected chi connectivity index (χ1v) is 11.7. The van der Waals surface area contributed by atoms with E-state index in [-0.39, 0.29) is 29.2 Å². The summed E-state index contributed by atoms with van der Waals surface area (Å²) in [5.41, 5.74) is 0. The fraction of sp³-hybridized carbons (Fsp3) is 0.923. The van der Waals surface area contributed by atoms with Crippen LogP contribution < -0.4 is 0 Å². The summed E-state index contributed by atoms with van der Waals surface area (Å²) >= 11 is 0. The van der Waals surface area contributed by atoms with Crippen molar-refractivity contribution in [1.29, 1.82) is 0 Å². The smallest absolute Gasteiger partial charge is 0.407 e. The predicted molar refractivity (Wildman–Crippen MR) is 87.1 cm³/mol. The molecule has 6 nitrogen and oxygen atoms in total. The van der Waals surface area contributed by atoms with E-state index in [0.717, 1.165) is 4.90 Å². The van der Waals surface area contributed by atoms with Crippen LogP contribution in [0.2, 0.25) is 18.1 Å². The van der Waals surface area contributed by atoms with Gasteiger partial charge in [0, 0.05) is 13.6 Å². The highest BCUT2D eigenvalue weighted by Crippen LogP contribution is 2.37. The van der Waals surface area contributed by atoms with E-state index in [2.05, 4.69) is 33.9 Å². The maximum atomic E-state index is 12.0. The highest BCUT2D eigenvalue weighted by molar-refractivity contribution is 7.91. The average Bonchev–Trinajstić information content (AvgIpc) is 2.22. The van der Waals surface area contributed by atoms with Crippen LogP contribution in [-0.2, 0) is 14.3 Å². The minimum absolute atomic E-state index is 0.0224. The van der Waals surface area contributed by atoms with E-state index in [1.165, 1.54) is 7.05 Å². The Labute approximate surface area is 129 Å². The van der Waals surface area contributed by atoms with E-state index in [4.69, 9.17) is 9.53 Å². The first-order valence-electron chi connectivity index (χ1n) is 7.00. The van der Waals surface area contributed by atoms with Crippen molar-refractivity contribution in [3.63, 3.8) is 0 Å². The molecule has 0 fully saturated rings. The summed E-state index contributed by atoms with van der Waals surface area (Å²) in [6.45, 7) is 12.2. The minimum Gasteiger partial charge on any atom is -0.465 e. The molecule has 1 unspecified atom stereocenters. The van der Waals surface area contributed by atoms with Gasteiger partial charge in [-0.05, 0) is 25.1 Å². The second-order valence-electron chi connectivity index (χ2n) is 7.01. The molecule has 0 bridgehead atoms. The maximum Gasteiger partial charge on any atom is 0.407 e. The molecule has 1 amide bonds. The Morgan fingerprint density at radius 2 is 1.81 bits per heavy atom. The lowest BCUT2D eigenvalue weighted by Crippen LogP contribution is -2.45. The largest absolute Gasteiger partial charge is 0.465 e. The Balaban J connectivity index is 4.57. The van der Waals surface area contributed by atoms with Crippen LogP contribution in [0.25, 0.3) is 0 Å². The number of carboxylic acid groups (broad SMARTS) is 1. The van der Waals surface area contributed by atoms with Crippen molar-refractivity contribution in [2.75, 3.05) is 25.1 Å². The Hall–Kier alpha value is -0.603. The summed E-state index contributed by atoms with van der Waals surface area (Å²) in [6, 6.07) is 0. The van der Waals surface area contributed by atoms with Gasteiger partial charge in [0.25, 0.3) is 0 Å². The van der Waals surface area contributed by atoms with Gasteiger partial charge in [0.15, 0.2) is 18.2 Å². The van der Waals surface area contributed by atoms with Gasteiger partial charge in [-0.15, -0.1) is 0 Å². The second-order valence-corrected chi connectivity index (χ2v) is 14.0. The molecule has 0 heterocycles. The summed E-state index contributed by atoms with van der Waals surface area (Å²) < 4.78 is 30.1. The van der Waals surface area contributed by atoms with E-state index in [9.17, 15) is 13.2 Å². The summed E-state index contributed by atoms with van der Waals surface area (Å²) in [5.74, 6) is -0.256. The topological polar surface area (TPSA) is 83.9 Å². The van der Waals surface area contributed by atoms with Gasteiger partial charge in [0.2, 0.25) is 0 Å². The van der Waals surface area contributed by atoms with Crippen LogP contribution in [0.15, 0.2) is 0 Å². The number of nitrogens with zero attached hydrogens (tertiary/aromatic N) is 1. The minimum atomic E-state index is -3.34. The van der Waals surface area contributed by atoms with Crippen molar-refractivity contribution in [3.05, 3.63) is 0 Å². The van der Waals surface area contributed by atoms with Crippen molar-refractivity contribution in [1.82, 2.24) is 4.90 Å². The van der Waals surface area contributed by atoms with Crippen LogP contribution in [0, 0.1) is 0 Å². The van der Waals surface area contributed by atoms with Gasteiger partial charge in [-0.1, -0.05) is 20.8 Å². The molecule has 0 aromatic heterocycles. The fourth-order valence-electron chi connectivity index (χ4n) is 1.53. The highest BCUT2D eigenvalue weighted by Gasteiger charge is 2.39. The summed E-state index contributed by atoms with van der Waals surface area (Å²) in [7, 11) is -3.98. The summed E-state index contributed by atoms with van der Waals surface area (Å²) in [4.78, 5) is 11.6. The molecule has 0 saturated heterocycles. The van der Waals surface area contributed by atoms with Gasteiger partial charge in [-0.2, -0.15) is 0 Å². The molecule has 0 spiro atoms. The molecule has 0 aliphatic rings. The molecule has 0 aromatic rings. The number of carbonyl (C=O) groups is 1. The van der Waals surface area contributed by atoms with Crippen molar-refractivity contribution in [3.8, 4) is 0 Å². The standard InChI is InChI=1S/C13H29NO5SSi/c1-11(19-21(6,7)13(2,3)4)10-20(17,18)9-8-14(5)12(15)16/h11H,8-10H2,1-7H3,(H,15,16). The van der Waals surface area contributed by atoms with Crippen molar-refractivity contribution in [2.45, 2.75) is 51.9 Å². The quantitative estimate of drug-likeness (QED) is 0.720. The molecular weight excluding hydrogens is 310 g/mol. The van der Waals surface area contributed by atoms with Crippen LogP contribution in [0.4, 0.5) is 4.79 Å². The maximum absolute atomic E-state index is 12.0. The normalized spacial score (nSPS) is 14.8. The zero-order valence-corrected chi connectivity index (χ0v) is 16.0. The van der Waals surface area contributed by atoms with E-state index in [1.807, 2.05) is 0 Å². The zero-order valence-electron chi connectivity index (χ0n) is 14.1. The van der Waals surface area contributed by atoms with Gasteiger partial charge in [-0.25, -0.2) is 13.2 Å². The van der Waals surface area contributed by atoms with E-state index in [0.29, 0.717) is 0 Å². The number of hydrogen-bond acceptors (Lipinski definition) is 4. The number of rotatable bonds is 7. The molecule has 0 aromatic carbocycles. The third-order valence-electron chi connectivity index (χ3n) is 3.85. The lowest BCUT2D eigenvalue weighted by Gasteiger charge is -2.38. The van der Waals surface area contributed by atoms with Gasteiger partial charge in [0.05, 0.1) is 17.6 Å². The Kier molecular flexibility index (Phi) is 6.90. The van der Waals surface area contributed by atoms with Crippen LogP contribution >= 0.6 is 0 Å². The van der Waals surface area contributed by atoms with Crippen LogP contribution in [0.3, 0.4) is 0 Å². The first kappa shape index (κ1) is 20.4. The molecule has 8 heteroatoms. The number of sulfone groups is 1. The van der Waals surface area contributed by atoms with Gasteiger partial charge >= 0.3 is 6.09 Å². The lowest BCUT2D eigenvalue weighted by molar-refractivity contribution is 0.158. The zero-order chi connectivity index (χ0) is 17.1. The Morgan fingerprint density at radius 1 is 1.33 bits per heavy atom. The molecule has 21 heavy (non-hydrogen) atoms.